The zero-order valence-electron chi connectivity index (χ0n) is 8.81. The average Bonchev–Trinajstić information content (AvgIpc) is 2.25. The van der Waals surface area contributed by atoms with E-state index >= 15 is 0 Å². The first kappa shape index (κ1) is 12.9. The molecule has 1 fully saturated rings. The molecule has 1 aliphatic rings. The van der Waals surface area contributed by atoms with E-state index in [0.29, 0.717) is 18.9 Å². The SMILES string of the molecule is O=S(=O)(CCCO)NCC1CCOCC1. The van der Waals surface area contributed by atoms with Gasteiger partial charge in [0.05, 0.1) is 5.75 Å². The number of hydrogen-bond donors (Lipinski definition) is 2. The molecule has 2 N–H and O–H groups in total. The summed E-state index contributed by atoms with van der Waals surface area (Å²) in [5.74, 6) is 0.398. The molecular formula is C9H19NO4S. The van der Waals surface area contributed by atoms with Crippen LogP contribution in [0.2, 0.25) is 0 Å². The minimum absolute atomic E-state index is 0.00667. The minimum atomic E-state index is -3.19. The van der Waals surface area contributed by atoms with E-state index in [4.69, 9.17) is 9.84 Å². The summed E-state index contributed by atoms with van der Waals surface area (Å²) in [6.45, 7) is 1.86. The van der Waals surface area contributed by atoms with Crippen molar-refractivity contribution in [3.8, 4) is 0 Å². The molecule has 5 nitrogen and oxygen atoms in total. The first-order valence-electron chi connectivity index (χ1n) is 5.30. The lowest BCUT2D eigenvalue weighted by Crippen LogP contribution is -2.33. The molecule has 15 heavy (non-hydrogen) atoms. The van der Waals surface area contributed by atoms with E-state index in [1.54, 1.807) is 0 Å². The molecule has 0 bridgehead atoms. The van der Waals surface area contributed by atoms with Gasteiger partial charge in [-0.3, -0.25) is 0 Å². The van der Waals surface area contributed by atoms with Crippen LogP contribution in [0.3, 0.4) is 0 Å². The van der Waals surface area contributed by atoms with Crippen LogP contribution in [0, 0.1) is 5.92 Å². The zero-order chi connectivity index (χ0) is 11.1. The van der Waals surface area contributed by atoms with Crippen molar-refractivity contribution >= 4 is 10.0 Å². The van der Waals surface area contributed by atoms with Crippen LogP contribution in [-0.2, 0) is 14.8 Å². The van der Waals surface area contributed by atoms with Crippen molar-refractivity contribution in [1.29, 1.82) is 0 Å². The third kappa shape index (κ3) is 5.46. The molecule has 0 aromatic rings. The van der Waals surface area contributed by atoms with Crippen molar-refractivity contribution in [2.75, 3.05) is 32.1 Å². The Labute approximate surface area is 90.9 Å². The summed E-state index contributed by atoms with van der Waals surface area (Å²) in [5, 5.41) is 8.54. The molecular weight excluding hydrogens is 218 g/mol. The van der Waals surface area contributed by atoms with Gasteiger partial charge in [0.2, 0.25) is 10.0 Å². The Balaban J connectivity index is 2.22. The van der Waals surface area contributed by atoms with Crippen LogP contribution < -0.4 is 4.72 Å². The normalized spacial score (nSPS) is 19.3. The fraction of sp³-hybridized carbons (Fsp3) is 1.00. The Bertz CT molecular complexity index is 259. The van der Waals surface area contributed by atoms with Gasteiger partial charge in [-0.05, 0) is 25.2 Å². The highest BCUT2D eigenvalue weighted by Crippen LogP contribution is 2.13. The van der Waals surface area contributed by atoms with E-state index in [9.17, 15) is 8.42 Å². The summed E-state index contributed by atoms with van der Waals surface area (Å²) in [6.07, 6.45) is 2.13. The van der Waals surface area contributed by atoms with Crippen LogP contribution in [0.1, 0.15) is 19.3 Å². The van der Waals surface area contributed by atoms with Crippen molar-refractivity contribution in [2.45, 2.75) is 19.3 Å². The molecule has 0 aliphatic carbocycles. The molecule has 0 amide bonds. The van der Waals surface area contributed by atoms with E-state index < -0.39 is 10.0 Å². The molecule has 1 aliphatic heterocycles. The van der Waals surface area contributed by atoms with Crippen LogP contribution >= 0.6 is 0 Å². The summed E-state index contributed by atoms with van der Waals surface area (Å²) in [7, 11) is -3.19. The largest absolute Gasteiger partial charge is 0.396 e. The third-order valence-corrected chi connectivity index (χ3v) is 3.94. The Kier molecular flexibility index (Phi) is 5.52. The summed E-state index contributed by atoms with van der Waals surface area (Å²) >= 11 is 0. The topological polar surface area (TPSA) is 75.6 Å². The second kappa shape index (κ2) is 6.42. The van der Waals surface area contributed by atoms with Gasteiger partial charge in [0.1, 0.15) is 0 Å². The minimum Gasteiger partial charge on any atom is -0.396 e. The Morgan fingerprint density at radius 3 is 2.60 bits per heavy atom. The molecule has 1 heterocycles. The van der Waals surface area contributed by atoms with Gasteiger partial charge >= 0.3 is 0 Å². The van der Waals surface area contributed by atoms with Crippen LogP contribution in [0.25, 0.3) is 0 Å². The van der Waals surface area contributed by atoms with E-state index in [1.165, 1.54) is 0 Å². The Morgan fingerprint density at radius 1 is 1.33 bits per heavy atom. The lowest BCUT2D eigenvalue weighted by Gasteiger charge is -2.22. The predicted octanol–water partition coefficient (Wildman–Crippen LogP) is -0.285. The molecule has 0 spiro atoms. The second-order valence-electron chi connectivity index (χ2n) is 3.80. The highest BCUT2D eigenvalue weighted by atomic mass is 32.2. The van der Waals surface area contributed by atoms with E-state index in [1.807, 2.05) is 0 Å². The fourth-order valence-corrected chi connectivity index (χ4v) is 2.67. The summed E-state index contributed by atoms with van der Waals surface area (Å²) in [4.78, 5) is 0. The number of aliphatic hydroxyl groups excluding tert-OH is 1. The predicted molar refractivity (Wildman–Crippen MR) is 57.0 cm³/mol. The lowest BCUT2D eigenvalue weighted by atomic mass is 10.0. The Morgan fingerprint density at radius 2 is 2.00 bits per heavy atom. The van der Waals surface area contributed by atoms with Gasteiger partial charge in [0.15, 0.2) is 0 Å². The van der Waals surface area contributed by atoms with Gasteiger partial charge in [-0.2, -0.15) is 0 Å². The van der Waals surface area contributed by atoms with Gasteiger partial charge < -0.3 is 9.84 Å². The number of ether oxygens (including phenoxy) is 1. The number of sulfonamides is 1. The molecule has 0 radical (unpaired) electrons. The van der Waals surface area contributed by atoms with Crippen molar-refractivity contribution in [3.05, 3.63) is 0 Å². The summed E-state index contributed by atoms with van der Waals surface area (Å²) < 4.78 is 30.5. The first-order chi connectivity index (χ1) is 7.14. The molecule has 0 atom stereocenters. The quantitative estimate of drug-likeness (QED) is 0.666. The molecule has 1 rings (SSSR count). The molecule has 0 aromatic heterocycles. The van der Waals surface area contributed by atoms with Crippen LogP contribution in [0.4, 0.5) is 0 Å². The molecule has 6 heteroatoms. The highest BCUT2D eigenvalue weighted by Gasteiger charge is 2.16. The summed E-state index contributed by atoms with van der Waals surface area (Å²) in [5.41, 5.74) is 0. The number of aliphatic hydroxyl groups is 1. The van der Waals surface area contributed by atoms with E-state index in [2.05, 4.69) is 4.72 Å². The van der Waals surface area contributed by atoms with Gasteiger partial charge in [-0.25, -0.2) is 13.1 Å². The average molecular weight is 237 g/mol. The van der Waals surface area contributed by atoms with Crippen LogP contribution in [0.15, 0.2) is 0 Å². The number of rotatable bonds is 6. The van der Waals surface area contributed by atoms with Crippen LogP contribution in [0.5, 0.6) is 0 Å². The Hall–Kier alpha value is -0.170. The number of hydrogen-bond acceptors (Lipinski definition) is 4. The molecule has 0 unspecified atom stereocenters. The maximum Gasteiger partial charge on any atom is 0.211 e. The van der Waals surface area contributed by atoms with Crippen molar-refractivity contribution < 1.29 is 18.3 Å². The zero-order valence-corrected chi connectivity index (χ0v) is 9.63. The fourth-order valence-electron chi connectivity index (χ4n) is 1.52. The van der Waals surface area contributed by atoms with Crippen molar-refractivity contribution in [3.63, 3.8) is 0 Å². The smallest absolute Gasteiger partial charge is 0.211 e. The molecule has 0 saturated carbocycles. The summed E-state index contributed by atoms with van der Waals surface area (Å²) in [6, 6.07) is 0. The molecule has 90 valence electrons. The second-order valence-corrected chi connectivity index (χ2v) is 5.73. The standard InChI is InChI=1S/C9H19NO4S/c11-4-1-7-15(12,13)10-8-9-2-5-14-6-3-9/h9-11H,1-8H2. The maximum atomic E-state index is 11.4. The van der Waals surface area contributed by atoms with Gasteiger partial charge in [-0.15, -0.1) is 0 Å². The lowest BCUT2D eigenvalue weighted by molar-refractivity contribution is 0.0678. The molecule has 0 aromatic carbocycles. The van der Waals surface area contributed by atoms with Gasteiger partial charge in [-0.1, -0.05) is 0 Å². The van der Waals surface area contributed by atoms with Gasteiger partial charge in [0, 0.05) is 26.4 Å². The highest BCUT2D eigenvalue weighted by molar-refractivity contribution is 7.89. The maximum absolute atomic E-state index is 11.4. The van der Waals surface area contributed by atoms with E-state index in [0.717, 1.165) is 26.1 Å². The monoisotopic (exact) mass is 237 g/mol. The van der Waals surface area contributed by atoms with Crippen molar-refractivity contribution in [1.82, 2.24) is 4.72 Å². The van der Waals surface area contributed by atoms with E-state index in [-0.39, 0.29) is 12.4 Å². The van der Waals surface area contributed by atoms with Gasteiger partial charge in [0.25, 0.3) is 0 Å². The third-order valence-electron chi connectivity index (χ3n) is 2.50. The van der Waals surface area contributed by atoms with Crippen LogP contribution in [-0.4, -0.2) is 45.6 Å². The van der Waals surface area contributed by atoms with Crippen molar-refractivity contribution in [2.24, 2.45) is 5.92 Å². The number of nitrogens with one attached hydrogen (secondary N) is 1. The first-order valence-corrected chi connectivity index (χ1v) is 6.95. The molecule has 1 saturated heterocycles.